The van der Waals surface area contributed by atoms with Crippen LogP contribution in [0.25, 0.3) is 17.4 Å². The maximum Gasteiger partial charge on any atom is 0.416 e. The molecule has 4 rings (SSSR count). The molecule has 2 heterocycles. The van der Waals surface area contributed by atoms with E-state index in [1.54, 1.807) is 41.8 Å². The number of hydrogen-bond acceptors (Lipinski definition) is 4. The second-order valence-electron chi connectivity index (χ2n) is 7.10. The van der Waals surface area contributed by atoms with Crippen LogP contribution in [0.4, 0.5) is 18.9 Å². The third-order valence-electron chi connectivity index (χ3n) is 4.73. The van der Waals surface area contributed by atoms with Gasteiger partial charge in [0, 0.05) is 16.8 Å². The van der Waals surface area contributed by atoms with E-state index < -0.39 is 11.7 Å². The van der Waals surface area contributed by atoms with Crippen molar-refractivity contribution >= 4 is 46.4 Å². The van der Waals surface area contributed by atoms with Gasteiger partial charge in [-0.15, -0.1) is 11.3 Å². The van der Waals surface area contributed by atoms with Gasteiger partial charge >= 0.3 is 6.18 Å². The number of benzene rings is 2. The van der Waals surface area contributed by atoms with E-state index in [0.717, 1.165) is 18.2 Å². The summed E-state index contributed by atoms with van der Waals surface area (Å²) in [4.78, 5) is 25.3. The molecular weight excluding hydrogens is 487 g/mol. The molecule has 0 aliphatic rings. The van der Waals surface area contributed by atoms with Crippen LogP contribution in [0.3, 0.4) is 0 Å². The van der Waals surface area contributed by atoms with Crippen molar-refractivity contribution < 1.29 is 27.2 Å². The number of carbonyl (C=O) groups excluding carboxylic acids is 2. The summed E-state index contributed by atoms with van der Waals surface area (Å²) < 4.78 is 44.6. The number of carbonyl (C=O) groups is 2. The Bertz CT molecular complexity index is 1370. The minimum absolute atomic E-state index is 0.0941. The number of thiophene rings is 1. The minimum Gasteiger partial charge on any atom is -0.457 e. The maximum atomic E-state index is 13.0. The average molecular weight is 502 g/mol. The molecule has 0 saturated heterocycles. The Kier molecular flexibility index (Phi) is 6.72. The topological polar surface area (TPSA) is 59.3 Å². The number of nitrogens with one attached hydrogen (secondary N) is 1. The van der Waals surface area contributed by atoms with Crippen LogP contribution in [-0.4, -0.2) is 11.7 Å². The molecule has 0 aliphatic heterocycles. The molecule has 0 atom stereocenters. The van der Waals surface area contributed by atoms with E-state index in [0.29, 0.717) is 16.1 Å². The van der Waals surface area contributed by atoms with E-state index in [-0.39, 0.29) is 33.8 Å². The zero-order chi connectivity index (χ0) is 24.3. The highest BCUT2D eigenvalue weighted by molar-refractivity contribution is 7.12. The molecule has 0 saturated carbocycles. The van der Waals surface area contributed by atoms with Crippen molar-refractivity contribution in [3.63, 3.8) is 0 Å². The fourth-order valence-corrected chi connectivity index (χ4v) is 3.91. The smallest absolute Gasteiger partial charge is 0.416 e. The largest absolute Gasteiger partial charge is 0.457 e. The number of hydrogen-bond donors (Lipinski definition) is 1. The molecule has 172 valence electrons. The summed E-state index contributed by atoms with van der Waals surface area (Å²) in [6, 6.07) is 15.9. The van der Waals surface area contributed by atoms with E-state index in [1.165, 1.54) is 35.6 Å². The third-order valence-corrected chi connectivity index (χ3v) is 5.93. The van der Waals surface area contributed by atoms with Crippen molar-refractivity contribution in [1.29, 1.82) is 0 Å². The number of rotatable bonds is 6. The molecule has 4 nitrogen and oxygen atoms in total. The van der Waals surface area contributed by atoms with Gasteiger partial charge in [-0.3, -0.25) is 9.59 Å². The molecule has 9 heteroatoms. The van der Waals surface area contributed by atoms with E-state index in [2.05, 4.69) is 5.32 Å². The molecular formula is C25H15ClF3NO3S. The van der Waals surface area contributed by atoms with Gasteiger partial charge in [0.25, 0.3) is 5.91 Å². The first-order chi connectivity index (χ1) is 16.2. The molecule has 0 bridgehead atoms. The number of amides is 1. The van der Waals surface area contributed by atoms with Gasteiger partial charge in [0.05, 0.1) is 15.5 Å². The first-order valence-corrected chi connectivity index (χ1v) is 11.1. The molecule has 4 aromatic rings. The Labute approximate surface area is 201 Å². The second kappa shape index (κ2) is 9.70. The summed E-state index contributed by atoms with van der Waals surface area (Å²) in [5.74, 6) is -0.214. The first-order valence-electron chi connectivity index (χ1n) is 9.85. The van der Waals surface area contributed by atoms with Crippen molar-refractivity contribution in [3.05, 3.63) is 105 Å². The fourth-order valence-electron chi connectivity index (χ4n) is 3.08. The number of halogens is 4. The van der Waals surface area contributed by atoms with Crippen LogP contribution >= 0.6 is 22.9 Å². The summed E-state index contributed by atoms with van der Waals surface area (Å²) in [5, 5.41) is 4.64. The highest BCUT2D eigenvalue weighted by atomic mass is 35.5. The summed E-state index contributed by atoms with van der Waals surface area (Å²) in [5.41, 5.74) is 0.0586. The predicted molar refractivity (Wildman–Crippen MR) is 126 cm³/mol. The monoisotopic (exact) mass is 501 g/mol. The van der Waals surface area contributed by atoms with Gasteiger partial charge < -0.3 is 9.73 Å². The van der Waals surface area contributed by atoms with Crippen LogP contribution < -0.4 is 5.32 Å². The molecule has 2 aromatic heterocycles. The lowest BCUT2D eigenvalue weighted by molar-refractivity contribution is -0.137. The SMILES string of the molecule is O=C(/C=C/c1ccc(-c2cc(C(F)(F)F)ccc2Cl)o1)c1cccc(NC(=O)c2cccs2)c1. The maximum absolute atomic E-state index is 13.0. The minimum atomic E-state index is -4.52. The standard InChI is InChI=1S/C25H15ClF3NO3S/c26-20-9-6-16(25(27,28)29)14-19(20)22-11-8-18(33-22)7-10-21(31)15-3-1-4-17(13-15)30-24(32)23-5-2-12-34-23/h1-14H,(H,30,32)/b10-7+. The lowest BCUT2D eigenvalue weighted by Gasteiger charge is -2.09. The van der Waals surface area contributed by atoms with Crippen LogP contribution in [0.15, 0.2) is 82.6 Å². The highest BCUT2D eigenvalue weighted by Gasteiger charge is 2.31. The molecule has 0 spiro atoms. The fraction of sp³-hybridized carbons (Fsp3) is 0.0400. The molecule has 0 radical (unpaired) electrons. The first kappa shape index (κ1) is 23.5. The number of anilines is 1. The van der Waals surface area contributed by atoms with Crippen molar-refractivity contribution in [2.45, 2.75) is 6.18 Å². The van der Waals surface area contributed by atoms with Crippen LogP contribution in [0.2, 0.25) is 5.02 Å². The Morgan fingerprint density at radius 3 is 2.56 bits per heavy atom. The summed E-state index contributed by atoms with van der Waals surface area (Å²) in [6.07, 6.45) is -1.83. The van der Waals surface area contributed by atoms with Gasteiger partial charge in [0.1, 0.15) is 11.5 Å². The van der Waals surface area contributed by atoms with Crippen LogP contribution in [0.5, 0.6) is 0 Å². The van der Waals surface area contributed by atoms with E-state index >= 15 is 0 Å². The van der Waals surface area contributed by atoms with Crippen LogP contribution in [0.1, 0.15) is 31.4 Å². The molecule has 34 heavy (non-hydrogen) atoms. The number of ketones is 1. The molecule has 1 N–H and O–H groups in total. The van der Waals surface area contributed by atoms with Gasteiger partial charge in [-0.05, 0) is 66.1 Å². The number of furan rings is 1. The van der Waals surface area contributed by atoms with Crippen LogP contribution in [0, 0.1) is 0 Å². The quantitative estimate of drug-likeness (QED) is 0.216. The average Bonchev–Trinajstić information content (AvgIpc) is 3.50. The molecule has 1 amide bonds. The zero-order valence-electron chi connectivity index (χ0n) is 17.2. The van der Waals surface area contributed by atoms with Gasteiger partial charge in [0.15, 0.2) is 5.78 Å². The van der Waals surface area contributed by atoms with E-state index in [9.17, 15) is 22.8 Å². The normalized spacial score (nSPS) is 11.6. The molecule has 0 unspecified atom stereocenters. The zero-order valence-corrected chi connectivity index (χ0v) is 18.8. The number of allylic oxidation sites excluding steroid dienone is 1. The van der Waals surface area contributed by atoms with Gasteiger partial charge in [0.2, 0.25) is 0 Å². The van der Waals surface area contributed by atoms with Crippen molar-refractivity contribution in [2.24, 2.45) is 0 Å². The Morgan fingerprint density at radius 2 is 1.82 bits per heavy atom. The Morgan fingerprint density at radius 1 is 1.00 bits per heavy atom. The Balaban J connectivity index is 1.48. The summed E-state index contributed by atoms with van der Waals surface area (Å²) in [7, 11) is 0. The highest BCUT2D eigenvalue weighted by Crippen LogP contribution is 2.36. The van der Waals surface area contributed by atoms with Gasteiger partial charge in [-0.1, -0.05) is 29.8 Å². The van der Waals surface area contributed by atoms with Crippen molar-refractivity contribution in [3.8, 4) is 11.3 Å². The predicted octanol–water partition coefficient (Wildman–Crippen LogP) is 7.83. The lowest BCUT2D eigenvalue weighted by atomic mass is 10.1. The lowest BCUT2D eigenvalue weighted by Crippen LogP contribution is -2.10. The molecule has 2 aromatic carbocycles. The molecule has 0 aliphatic carbocycles. The van der Waals surface area contributed by atoms with Crippen molar-refractivity contribution in [1.82, 2.24) is 0 Å². The van der Waals surface area contributed by atoms with E-state index in [4.69, 9.17) is 16.0 Å². The third kappa shape index (κ3) is 5.47. The number of alkyl halides is 3. The second-order valence-corrected chi connectivity index (χ2v) is 8.46. The van der Waals surface area contributed by atoms with E-state index in [1.807, 2.05) is 0 Å². The van der Waals surface area contributed by atoms with Crippen molar-refractivity contribution in [2.75, 3.05) is 5.32 Å². The summed E-state index contributed by atoms with van der Waals surface area (Å²) in [6.45, 7) is 0. The van der Waals surface area contributed by atoms with Crippen LogP contribution in [-0.2, 0) is 6.18 Å². The summed E-state index contributed by atoms with van der Waals surface area (Å²) >= 11 is 7.36. The van der Waals surface area contributed by atoms with Gasteiger partial charge in [-0.25, -0.2) is 0 Å². The van der Waals surface area contributed by atoms with Gasteiger partial charge in [-0.2, -0.15) is 13.2 Å². The molecule has 0 fully saturated rings. The Hall–Kier alpha value is -3.62.